The van der Waals surface area contributed by atoms with Crippen molar-refractivity contribution in [3.05, 3.63) is 53.9 Å². The zero-order valence-corrected chi connectivity index (χ0v) is 14.2. The van der Waals surface area contributed by atoms with Gasteiger partial charge in [-0.1, -0.05) is 44.2 Å². The summed E-state index contributed by atoms with van der Waals surface area (Å²) >= 11 is 0. The van der Waals surface area contributed by atoms with Crippen LogP contribution in [0.5, 0.6) is 0 Å². The maximum Gasteiger partial charge on any atom is 0.254 e. The van der Waals surface area contributed by atoms with Crippen molar-refractivity contribution in [3.63, 3.8) is 0 Å². The van der Waals surface area contributed by atoms with Crippen LogP contribution in [0.25, 0.3) is 0 Å². The molecular formula is C18H25N3O2. The Morgan fingerprint density at radius 3 is 2.48 bits per heavy atom. The van der Waals surface area contributed by atoms with Crippen LogP contribution >= 0.6 is 0 Å². The maximum atomic E-state index is 12.2. The molecule has 0 unspecified atom stereocenters. The summed E-state index contributed by atoms with van der Waals surface area (Å²) in [6.45, 7) is 8.36. The Hall–Kier alpha value is -2.14. The minimum atomic E-state index is -0.877. The third-order valence-electron chi connectivity index (χ3n) is 4.43. The zero-order chi connectivity index (χ0) is 17.1. The van der Waals surface area contributed by atoms with Gasteiger partial charge in [-0.25, -0.2) is 0 Å². The van der Waals surface area contributed by atoms with Gasteiger partial charge in [-0.2, -0.15) is 5.10 Å². The molecule has 0 aliphatic carbocycles. The van der Waals surface area contributed by atoms with Gasteiger partial charge in [0.2, 0.25) is 0 Å². The monoisotopic (exact) mass is 315 g/mol. The van der Waals surface area contributed by atoms with Gasteiger partial charge < -0.3 is 10.4 Å². The quantitative estimate of drug-likeness (QED) is 0.860. The molecule has 1 amide bonds. The number of hydrogen-bond donors (Lipinski definition) is 2. The summed E-state index contributed by atoms with van der Waals surface area (Å²) in [5.41, 5.74) is 0.346. The molecular weight excluding hydrogens is 290 g/mol. The van der Waals surface area contributed by atoms with E-state index in [1.165, 1.54) is 0 Å². The number of hydrogen-bond acceptors (Lipinski definition) is 3. The molecule has 0 atom stereocenters. The Labute approximate surface area is 137 Å². The summed E-state index contributed by atoms with van der Waals surface area (Å²) < 4.78 is 1.74. The van der Waals surface area contributed by atoms with Gasteiger partial charge in [-0.3, -0.25) is 9.48 Å². The minimum absolute atomic E-state index is 0.179. The number of rotatable bonds is 6. The highest BCUT2D eigenvalue weighted by Crippen LogP contribution is 2.29. The summed E-state index contributed by atoms with van der Waals surface area (Å²) in [5.74, 6) is -0.179. The summed E-state index contributed by atoms with van der Waals surface area (Å²) in [5, 5.41) is 17.2. The third-order valence-corrected chi connectivity index (χ3v) is 4.43. The van der Waals surface area contributed by atoms with Crippen molar-refractivity contribution >= 4 is 5.91 Å². The highest BCUT2D eigenvalue weighted by Gasteiger charge is 2.35. The van der Waals surface area contributed by atoms with E-state index >= 15 is 0 Å². The molecule has 2 N–H and O–H groups in total. The lowest BCUT2D eigenvalue weighted by atomic mass is 9.77. The average molecular weight is 315 g/mol. The largest absolute Gasteiger partial charge is 0.390 e. The number of amides is 1. The topological polar surface area (TPSA) is 67.2 Å². The lowest BCUT2D eigenvalue weighted by Gasteiger charge is -2.37. The van der Waals surface area contributed by atoms with Crippen LogP contribution < -0.4 is 5.32 Å². The van der Waals surface area contributed by atoms with Gasteiger partial charge in [0.25, 0.3) is 5.91 Å². The minimum Gasteiger partial charge on any atom is -0.390 e. The van der Waals surface area contributed by atoms with Crippen LogP contribution in [0.4, 0.5) is 0 Å². The fraction of sp³-hybridized carbons (Fsp3) is 0.444. The number of aromatic nitrogens is 2. The smallest absolute Gasteiger partial charge is 0.254 e. The standard InChI is InChI=1S/C18H25N3O2/c1-17(2,18(3,4)23)13-19-16(22)15-10-20-21(12-15)11-14-8-6-5-7-9-14/h5-10,12,23H,11,13H2,1-4H3,(H,19,22). The van der Waals surface area contributed by atoms with E-state index in [-0.39, 0.29) is 5.91 Å². The molecule has 1 aromatic heterocycles. The molecule has 0 saturated heterocycles. The molecule has 23 heavy (non-hydrogen) atoms. The second-order valence-corrected chi connectivity index (χ2v) is 7.04. The average Bonchev–Trinajstić information content (AvgIpc) is 2.93. The van der Waals surface area contributed by atoms with Crippen LogP contribution in [0.15, 0.2) is 42.7 Å². The highest BCUT2D eigenvalue weighted by atomic mass is 16.3. The van der Waals surface area contributed by atoms with Crippen LogP contribution in [-0.2, 0) is 6.54 Å². The number of carbonyl (C=O) groups excluding carboxylic acids is 1. The number of nitrogens with zero attached hydrogens (tertiary/aromatic N) is 2. The first-order valence-corrected chi connectivity index (χ1v) is 7.76. The molecule has 0 aliphatic rings. The van der Waals surface area contributed by atoms with Crippen molar-refractivity contribution in [2.24, 2.45) is 5.41 Å². The molecule has 2 rings (SSSR count). The second-order valence-electron chi connectivity index (χ2n) is 7.04. The van der Waals surface area contributed by atoms with Gasteiger partial charge in [0.15, 0.2) is 0 Å². The summed E-state index contributed by atoms with van der Waals surface area (Å²) in [6, 6.07) is 9.97. The van der Waals surface area contributed by atoms with Crippen molar-refractivity contribution in [2.45, 2.75) is 39.8 Å². The fourth-order valence-corrected chi connectivity index (χ4v) is 1.96. The normalized spacial score (nSPS) is 12.2. The Morgan fingerprint density at radius 2 is 1.87 bits per heavy atom. The lowest BCUT2D eigenvalue weighted by molar-refractivity contribution is -0.0327. The molecule has 5 nitrogen and oxygen atoms in total. The predicted molar refractivity (Wildman–Crippen MR) is 90.2 cm³/mol. The van der Waals surface area contributed by atoms with Gasteiger partial charge in [0, 0.05) is 18.2 Å². The van der Waals surface area contributed by atoms with Gasteiger partial charge in [-0.05, 0) is 19.4 Å². The van der Waals surface area contributed by atoms with E-state index in [4.69, 9.17) is 0 Å². The van der Waals surface area contributed by atoms with Crippen LogP contribution in [-0.4, -0.2) is 32.9 Å². The van der Waals surface area contributed by atoms with Crippen LogP contribution in [0.1, 0.15) is 43.6 Å². The molecule has 0 aliphatic heterocycles. The van der Waals surface area contributed by atoms with E-state index < -0.39 is 11.0 Å². The van der Waals surface area contributed by atoms with Gasteiger partial charge in [0.1, 0.15) is 0 Å². The third kappa shape index (κ3) is 4.42. The van der Waals surface area contributed by atoms with E-state index in [0.29, 0.717) is 18.7 Å². The van der Waals surface area contributed by atoms with Crippen LogP contribution in [0, 0.1) is 5.41 Å². The first kappa shape index (κ1) is 17.2. The number of aliphatic hydroxyl groups is 1. The molecule has 124 valence electrons. The Bertz CT molecular complexity index is 654. The van der Waals surface area contributed by atoms with E-state index in [1.54, 1.807) is 30.9 Å². The van der Waals surface area contributed by atoms with E-state index in [0.717, 1.165) is 5.56 Å². The van der Waals surface area contributed by atoms with Crippen molar-refractivity contribution in [3.8, 4) is 0 Å². The first-order chi connectivity index (χ1) is 10.7. The molecule has 1 aromatic carbocycles. The van der Waals surface area contributed by atoms with Crippen molar-refractivity contribution < 1.29 is 9.90 Å². The first-order valence-electron chi connectivity index (χ1n) is 7.76. The van der Waals surface area contributed by atoms with Crippen LogP contribution in [0.3, 0.4) is 0 Å². The molecule has 2 aromatic rings. The Kier molecular flexibility index (Phi) is 4.90. The SMILES string of the molecule is CC(C)(O)C(C)(C)CNC(=O)c1cnn(Cc2ccccc2)c1. The second kappa shape index (κ2) is 6.54. The summed E-state index contributed by atoms with van der Waals surface area (Å²) in [7, 11) is 0. The molecule has 0 radical (unpaired) electrons. The number of carbonyl (C=O) groups is 1. The number of nitrogens with one attached hydrogen (secondary N) is 1. The maximum absolute atomic E-state index is 12.2. The molecule has 1 heterocycles. The summed E-state index contributed by atoms with van der Waals surface area (Å²) in [6.07, 6.45) is 3.30. The Balaban J connectivity index is 1.96. The molecule has 0 saturated carbocycles. The van der Waals surface area contributed by atoms with Crippen molar-refractivity contribution in [1.82, 2.24) is 15.1 Å². The van der Waals surface area contributed by atoms with Crippen LogP contribution in [0.2, 0.25) is 0 Å². The van der Waals surface area contributed by atoms with E-state index in [9.17, 15) is 9.90 Å². The highest BCUT2D eigenvalue weighted by molar-refractivity contribution is 5.93. The van der Waals surface area contributed by atoms with E-state index in [1.807, 2.05) is 44.2 Å². The predicted octanol–water partition coefficient (Wildman–Crippen LogP) is 2.46. The lowest BCUT2D eigenvalue weighted by Crippen LogP contribution is -2.47. The molecule has 0 spiro atoms. The van der Waals surface area contributed by atoms with Gasteiger partial charge in [0.05, 0.1) is 23.9 Å². The zero-order valence-electron chi connectivity index (χ0n) is 14.2. The fourth-order valence-electron chi connectivity index (χ4n) is 1.96. The van der Waals surface area contributed by atoms with E-state index in [2.05, 4.69) is 10.4 Å². The summed E-state index contributed by atoms with van der Waals surface area (Å²) in [4.78, 5) is 12.2. The molecule has 5 heteroatoms. The Morgan fingerprint density at radius 1 is 1.22 bits per heavy atom. The van der Waals surface area contributed by atoms with Crippen molar-refractivity contribution in [2.75, 3.05) is 6.54 Å². The van der Waals surface area contributed by atoms with Gasteiger partial charge >= 0.3 is 0 Å². The van der Waals surface area contributed by atoms with Gasteiger partial charge in [-0.15, -0.1) is 0 Å². The number of benzene rings is 1. The molecule has 0 bridgehead atoms. The van der Waals surface area contributed by atoms with Crippen molar-refractivity contribution in [1.29, 1.82) is 0 Å². The molecule has 0 fully saturated rings.